The van der Waals surface area contributed by atoms with E-state index in [4.69, 9.17) is 0 Å². The molecule has 0 spiro atoms. The van der Waals surface area contributed by atoms with Crippen LogP contribution in [0.15, 0.2) is 24.3 Å². The van der Waals surface area contributed by atoms with Gasteiger partial charge in [0.1, 0.15) is 0 Å². The maximum Gasteiger partial charge on any atom is 0.186 e. The number of benzene rings is 1. The summed E-state index contributed by atoms with van der Waals surface area (Å²) in [6.45, 7) is 6.18. The Kier molecular flexibility index (Phi) is 3.55. The first-order valence-corrected chi connectivity index (χ1v) is 5.97. The lowest BCUT2D eigenvalue weighted by Crippen LogP contribution is -2.07. The van der Waals surface area contributed by atoms with Gasteiger partial charge in [-0.15, -0.1) is 0 Å². The third-order valence-electron chi connectivity index (χ3n) is 2.75. The van der Waals surface area contributed by atoms with E-state index in [0.717, 1.165) is 11.1 Å². The van der Waals surface area contributed by atoms with Crippen molar-refractivity contribution in [2.24, 2.45) is 0 Å². The van der Waals surface area contributed by atoms with E-state index in [1.54, 1.807) is 6.92 Å². The van der Waals surface area contributed by atoms with Gasteiger partial charge in [-0.1, -0.05) is 24.3 Å². The average Bonchev–Trinajstić information content (AvgIpc) is 2.35. The molecule has 0 fully saturated rings. The van der Waals surface area contributed by atoms with E-state index in [2.05, 4.69) is 15.3 Å². The zero-order valence-corrected chi connectivity index (χ0v) is 10.8. The molecule has 4 heteroatoms. The lowest BCUT2D eigenvalue weighted by Gasteiger charge is -2.10. The summed E-state index contributed by atoms with van der Waals surface area (Å²) in [7, 11) is 0. The molecule has 0 radical (unpaired) electrons. The Morgan fingerprint density at radius 2 is 1.89 bits per heavy atom. The van der Waals surface area contributed by atoms with Gasteiger partial charge in [0.25, 0.3) is 0 Å². The quantitative estimate of drug-likeness (QED) is 0.901. The highest BCUT2D eigenvalue weighted by atomic mass is 19.1. The van der Waals surface area contributed by atoms with Crippen molar-refractivity contribution in [2.75, 3.05) is 11.9 Å². The molecule has 18 heavy (non-hydrogen) atoms. The minimum atomic E-state index is -0.380. The monoisotopic (exact) mass is 245 g/mol. The Morgan fingerprint density at radius 1 is 1.17 bits per heavy atom. The van der Waals surface area contributed by atoms with Crippen LogP contribution in [0.4, 0.5) is 10.2 Å². The number of hydrogen-bond acceptors (Lipinski definition) is 3. The van der Waals surface area contributed by atoms with Crippen LogP contribution in [0.1, 0.15) is 18.2 Å². The summed E-state index contributed by atoms with van der Waals surface area (Å²) in [6, 6.07) is 7.82. The molecule has 2 rings (SSSR count). The van der Waals surface area contributed by atoms with Gasteiger partial charge in [0.2, 0.25) is 0 Å². The Morgan fingerprint density at radius 3 is 2.56 bits per heavy atom. The molecule has 0 saturated carbocycles. The first-order chi connectivity index (χ1) is 8.63. The van der Waals surface area contributed by atoms with Crippen LogP contribution >= 0.6 is 0 Å². The van der Waals surface area contributed by atoms with Gasteiger partial charge in [-0.2, -0.15) is 0 Å². The number of hydrogen-bond donors (Lipinski definition) is 1. The smallest absolute Gasteiger partial charge is 0.186 e. The summed E-state index contributed by atoms with van der Waals surface area (Å²) in [4.78, 5) is 8.48. The van der Waals surface area contributed by atoms with Crippen LogP contribution < -0.4 is 5.32 Å². The van der Waals surface area contributed by atoms with Crippen LogP contribution in [-0.2, 0) is 0 Å². The average molecular weight is 245 g/mol. The second kappa shape index (κ2) is 5.12. The predicted molar refractivity (Wildman–Crippen MR) is 71.1 cm³/mol. The molecule has 0 aliphatic carbocycles. The van der Waals surface area contributed by atoms with Gasteiger partial charge in [-0.25, -0.2) is 14.4 Å². The van der Waals surface area contributed by atoms with Gasteiger partial charge < -0.3 is 5.32 Å². The number of nitrogens with one attached hydrogen (secondary N) is 1. The molecule has 2 aromatic rings. The topological polar surface area (TPSA) is 37.8 Å². The molecule has 0 aliphatic rings. The van der Waals surface area contributed by atoms with Crippen molar-refractivity contribution in [1.29, 1.82) is 0 Å². The molecule has 0 aliphatic heterocycles. The van der Waals surface area contributed by atoms with Crippen molar-refractivity contribution in [3.05, 3.63) is 41.3 Å². The summed E-state index contributed by atoms with van der Waals surface area (Å²) in [6.07, 6.45) is 0. The van der Waals surface area contributed by atoms with Gasteiger partial charge in [0.15, 0.2) is 17.5 Å². The van der Waals surface area contributed by atoms with Gasteiger partial charge >= 0.3 is 0 Å². The van der Waals surface area contributed by atoms with Crippen molar-refractivity contribution in [2.45, 2.75) is 20.8 Å². The molecule has 1 aromatic carbocycles. The fraction of sp³-hybridized carbons (Fsp3) is 0.286. The van der Waals surface area contributed by atoms with E-state index >= 15 is 0 Å². The molecule has 3 nitrogen and oxygen atoms in total. The highest BCUT2D eigenvalue weighted by molar-refractivity contribution is 5.61. The van der Waals surface area contributed by atoms with E-state index in [-0.39, 0.29) is 11.6 Å². The molecule has 0 saturated heterocycles. The van der Waals surface area contributed by atoms with Crippen LogP contribution in [0.2, 0.25) is 0 Å². The minimum absolute atomic E-state index is 0.267. The zero-order valence-electron chi connectivity index (χ0n) is 10.8. The van der Waals surface area contributed by atoms with Gasteiger partial charge in [-0.3, -0.25) is 0 Å². The maximum absolute atomic E-state index is 13.8. The SMILES string of the molecule is CCNc1nc(-c2ccccc2C)nc(C)c1F. The molecule has 0 atom stereocenters. The fourth-order valence-corrected chi connectivity index (χ4v) is 1.79. The molecular weight excluding hydrogens is 229 g/mol. The Bertz CT molecular complexity index is 567. The molecule has 0 bridgehead atoms. The maximum atomic E-state index is 13.8. The van der Waals surface area contributed by atoms with Crippen LogP contribution in [0.25, 0.3) is 11.4 Å². The molecule has 1 aromatic heterocycles. The fourth-order valence-electron chi connectivity index (χ4n) is 1.79. The van der Waals surface area contributed by atoms with Crippen LogP contribution in [0, 0.1) is 19.7 Å². The summed E-state index contributed by atoms with van der Waals surface area (Å²) >= 11 is 0. The third-order valence-corrected chi connectivity index (χ3v) is 2.75. The van der Waals surface area contributed by atoms with Crippen molar-refractivity contribution in [3.63, 3.8) is 0 Å². The summed E-state index contributed by atoms with van der Waals surface area (Å²) in [5, 5.41) is 2.92. The molecule has 0 unspecified atom stereocenters. The normalized spacial score (nSPS) is 10.4. The van der Waals surface area contributed by atoms with Crippen molar-refractivity contribution < 1.29 is 4.39 Å². The molecule has 1 N–H and O–H groups in total. The first-order valence-electron chi connectivity index (χ1n) is 5.97. The van der Waals surface area contributed by atoms with Crippen LogP contribution in [0.3, 0.4) is 0 Å². The molecule has 1 heterocycles. The molecular formula is C14H16FN3. The summed E-state index contributed by atoms with van der Waals surface area (Å²) < 4.78 is 13.8. The van der Waals surface area contributed by atoms with E-state index in [9.17, 15) is 4.39 Å². The largest absolute Gasteiger partial charge is 0.368 e. The minimum Gasteiger partial charge on any atom is -0.368 e. The van der Waals surface area contributed by atoms with Crippen molar-refractivity contribution in [3.8, 4) is 11.4 Å². The molecule has 0 amide bonds. The van der Waals surface area contributed by atoms with Crippen LogP contribution in [-0.4, -0.2) is 16.5 Å². The number of aromatic nitrogens is 2. The summed E-state index contributed by atoms with van der Waals surface area (Å²) in [5.41, 5.74) is 2.37. The Hall–Kier alpha value is -1.97. The number of nitrogens with zero attached hydrogens (tertiary/aromatic N) is 2. The van der Waals surface area contributed by atoms with E-state index < -0.39 is 0 Å². The number of aryl methyl sites for hydroxylation is 2. The lowest BCUT2D eigenvalue weighted by molar-refractivity contribution is 0.606. The number of anilines is 1. The Labute approximate surface area is 106 Å². The van der Waals surface area contributed by atoms with E-state index in [0.29, 0.717) is 18.1 Å². The lowest BCUT2D eigenvalue weighted by atomic mass is 10.1. The van der Waals surface area contributed by atoms with Crippen molar-refractivity contribution in [1.82, 2.24) is 9.97 Å². The second-order valence-corrected chi connectivity index (χ2v) is 4.14. The van der Waals surface area contributed by atoms with Crippen LogP contribution in [0.5, 0.6) is 0 Å². The highest BCUT2D eigenvalue weighted by Gasteiger charge is 2.12. The predicted octanol–water partition coefficient (Wildman–Crippen LogP) is 3.33. The highest BCUT2D eigenvalue weighted by Crippen LogP contribution is 2.23. The second-order valence-electron chi connectivity index (χ2n) is 4.14. The van der Waals surface area contributed by atoms with E-state index in [1.165, 1.54) is 0 Å². The molecule has 94 valence electrons. The van der Waals surface area contributed by atoms with Gasteiger partial charge in [0, 0.05) is 12.1 Å². The first kappa shape index (κ1) is 12.5. The van der Waals surface area contributed by atoms with E-state index in [1.807, 2.05) is 38.1 Å². The Balaban J connectivity index is 2.56. The van der Waals surface area contributed by atoms with Gasteiger partial charge in [0.05, 0.1) is 5.69 Å². The summed E-state index contributed by atoms with van der Waals surface area (Å²) in [5.74, 6) is 0.445. The third kappa shape index (κ3) is 2.32. The number of rotatable bonds is 3. The van der Waals surface area contributed by atoms with Crippen molar-refractivity contribution >= 4 is 5.82 Å². The standard InChI is InChI=1S/C14H16FN3/c1-4-16-14-12(15)10(3)17-13(18-14)11-8-6-5-7-9(11)2/h5-8H,4H2,1-3H3,(H,16,17,18). The zero-order chi connectivity index (χ0) is 13.1. The van der Waals surface area contributed by atoms with Gasteiger partial charge in [-0.05, 0) is 26.3 Å². The number of halogens is 1.